The van der Waals surface area contributed by atoms with Crippen molar-refractivity contribution in [3.63, 3.8) is 0 Å². The molecule has 0 aliphatic carbocycles. The Morgan fingerprint density at radius 1 is 1.21 bits per heavy atom. The minimum Gasteiger partial charge on any atom is -0.493 e. The molecule has 0 saturated carbocycles. The minimum atomic E-state index is -0.261. The van der Waals surface area contributed by atoms with Crippen molar-refractivity contribution >= 4 is 0 Å². The normalized spacial score (nSPS) is 14.9. The highest BCUT2D eigenvalue weighted by molar-refractivity contribution is 5.71. The van der Waals surface area contributed by atoms with Crippen molar-refractivity contribution in [2.75, 3.05) is 27.4 Å². The smallest absolute Gasteiger partial charge is 0.199 e. The minimum absolute atomic E-state index is 0.157. The van der Waals surface area contributed by atoms with Crippen molar-refractivity contribution in [3.05, 3.63) is 45.7 Å². The first-order chi connectivity index (χ1) is 13.5. The Morgan fingerprint density at radius 2 is 2.00 bits per heavy atom. The van der Waals surface area contributed by atoms with Crippen LogP contribution in [0.4, 0.5) is 0 Å². The summed E-state index contributed by atoms with van der Waals surface area (Å²) in [4.78, 5) is 12.3. The summed E-state index contributed by atoms with van der Waals surface area (Å²) in [5.41, 5.74) is 2.78. The molecule has 1 aliphatic heterocycles. The summed E-state index contributed by atoms with van der Waals surface area (Å²) in [6, 6.07) is 7.66. The van der Waals surface area contributed by atoms with Gasteiger partial charge in [0.1, 0.15) is 11.6 Å². The molecule has 6 nitrogen and oxygen atoms in total. The maximum atomic E-state index is 12.3. The molecule has 1 atom stereocenters. The van der Waals surface area contributed by atoms with Gasteiger partial charge in [0.15, 0.2) is 16.9 Å². The van der Waals surface area contributed by atoms with Crippen LogP contribution in [0.15, 0.2) is 29.2 Å². The molecule has 0 fully saturated rings. The zero-order valence-electron chi connectivity index (χ0n) is 16.8. The van der Waals surface area contributed by atoms with E-state index >= 15 is 0 Å². The van der Waals surface area contributed by atoms with Gasteiger partial charge in [0.2, 0.25) is 0 Å². The van der Waals surface area contributed by atoms with Crippen LogP contribution < -0.4 is 14.9 Å². The Morgan fingerprint density at radius 3 is 2.64 bits per heavy atom. The Labute approximate surface area is 165 Å². The Balaban J connectivity index is 2.09. The molecule has 0 saturated heterocycles. The van der Waals surface area contributed by atoms with Crippen molar-refractivity contribution in [3.8, 4) is 28.8 Å². The zero-order valence-corrected chi connectivity index (χ0v) is 16.8. The van der Waals surface area contributed by atoms with E-state index in [-0.39, 0.29) is 17.0 Å². The average molecular weight is 382 g/mol. The van der Waals surface area contributed by atoms with Gasteiger partial charge in [0.05, 0.1) is 19.4 Å². The van der Waals surface area contributed by atoms with Crippen molar-refractivity contribution in [2.24, 2.45) is 5.92 Å². The predicted octanol–water partition coefficient (Wildman–Crippen LogP) is 3.56. The second kappa shape index (κ2) is 8.49. The van der Waals surface area contributed by atoms with Crippen LogP contribution in [0.3, 0.4) is 0 Å². The predicted molar refractivity (Wildman–Crippen MR) is 107 cm³/mol. The number of benzene rings is 1. The summed E-state index contributed by atoms with van der Waals surface area (Å²) >= 11 is 0. The first-order valence-corrected chi connectivity index (χ1v) is 9.49. The summed E-state index contributed by atoms with van der Waals surface area (Å²) < 4.78 is 18.6. The van der Waals surface area contributed by atoms with E-state index in [9.17, 15) is 10.1 Å². The first kappa shape index (κ1) is 20.0. The van der Waals surface area contributed by atoms with Gasteiger partial charge in [0.25, 0.3) is 0 Å². The molecule has 3 rings (SSSR count). The average Bonchev–Trinajstić information content (AvgIpc) is 2.69. The van der Waals surface area contributed by atoms with Crippen molar-refractivity contribution < 1.29 is 14.2 Å². The van der Waals surface area contributed by atoms with E-state index in [1.54, 1.807) is 26.5 Å². The summed E-state index contributed by atoms with van der Waals surface area (Å²) in [5.74, 6) is 1.67. The molecule has 1 unspecified atom stereocenters. The van der Waals surface area contributed by atoms with Crippen LogP contribution in [-0.4, -0.2) is 32.0 Å². The lowest BCUT2D eigenvalue weighted by Gasteiger charge is -2.33. The zero-order chi connectivity index (χ0) is 20.3. The molecule has 0 radical (unpaired) electrons. The molecule has 0 spiro atoms. The molecule has 2 heterocycles. The fourth-order valence-corrected chi connectivity index (χ4v) is 3.67. The SMILES string of the molecule is COCCCOc1cc2c(cc1OC)-c1cc(=O)c(C#N)cn1C(C(C)C)C2. The number of nitriles is 1. The van der Waals surface area contributed by atoms with Crippen LogP contribution in [0.25, 0.3) is 11.3 Å². The van der Waals surface area contributed by atoms with Gasteiger partial charge >= 0.3 is 0 Å². The molecule has 1 aromatic heterocycles. The van der Waals surface area contributed by atoms with E-state index in [2.05, 4.69) is 18.4 Å². The third-order valence-electron chi connectivity index (χ3n) is 5.17. The molecule has 1 aromatic carbocycles. The molecule has 6 heteroatoms. The number of fused-ring (bicyclic) bond motifs is 3. The van der Waals surface area contributed by atoms with Crippen molar-refractivity contribution in [2.45, 2.75) is 32.7 Å². The maximum Gasteiger partial charge on any atom is 0.199 e. The maximum absolute atomic E-state index is 12.3. The summed E-state index contributed by atoms with van der Waals surface area (Å²) in [6.07, 6.45) is 3.28. The second-order valence-electron chi connectivity index (χ2n) is 7.33. The third kappa shape index (κ3) is 3.76. The van der Waals surface area contributed by atoms with Gasteiger partial charge in [-0.25, -0.2) is 0 Å². The first-order valence-electron chi connectivity index (χ1n) is 9.49. The molecule has 148 valence electrons. The van der Waals surface area contributed by atoms with Crippen LogP contribution >= 0.6 is 0 Å². The molecule has 0 amide bonds. The lowest BCUT2D eigenvalue weighted by atomic mass is 9.87. The number of rotatable bonds is 7. The number of hydrogen-bond acceptors (Lipinski definition) is 5. The van der Waals surface area contributed by atoms with Gasteiger partial charge in [0, 0.05) is 44.0 Å². The van der Waals surface area contributed by atoms with Gasteiger partial charge in [-0.2, -0.15) is 5.26 Å². The van der Waals surface area contributed by atoms with E-state index < -0.39 is 0 Å². The molecular weight excluding hydrogens is 356 g/mol. The molecule has 1 aliphatic rings. The van der Waals surface area contributed by atoms with Gasteiger partial charge in [-0.05, 0) is 30.0 Å². The van der Waals surface area contributed by atoms with Crippen molar-refractivity contribution in [1.29, 1.82) is 5.26 Å². The third-order valence-corrected chi connectivity index (χ3v) is 5.17. The molecule has 2 aromatic rings. The largest absolute Gasteiger partial charge is 0.493 e. The summed E-state index contributed by atoms with van der Waals surface area (Å²) in [6.45, 7) is 5.48. The van der Waals surface area contributed by atoms with Gasteiger partial charge in [-0.15, -0.1) is 0 Å². The second-order valence-corrected chi connectivity index (χ2v) is 7.33. The Kier molecular flexibility index (Phi) is 6.05. The number of nitrogens with zero attached hydrogens (tertiary/aromatic N) is 2. The molecule has 0 N–H and O–H groups in total. The Bertz CT molecular complexity index is 956. The van der Waals surface area contributed by atoms with Crippen LogP contribution in [0.1, 0.15) is 37.4 Å². The highest BCUT2D eigenvalue weighted by Crippen LogP contribution is 2.42. The van der Waals surface area contributed by atoms with Crippen LogP contribution in [0.5, 0.6) is 11.5 Å². The van der Waals surface area contributed by atoms with Crippen molar-refractivity contribution in [1.82, 2.24) is 4.57 Å². The van der Waals surface area contributed by atoms with E-state index in [4.69, 9.17) is 14.2 Å². The number of methoxy groups -OCH3 is 2. The fraction of sp³-hybridized carbons (Fsp3) is 0.455. The standard InChI is InChI=1S/C22H26N2O4/c1-14(2)18-8-15-9-22(28-7-5-6-26-3)21(27-4)10-17(15)19-11-20(25)16(12-23)13-24(18)19/h9-11,13-14,18H,5-8H2,1-4H3. The fourth-order valence-electron chi connectivity index (χ4n) is 3.67. The molecule has 28 heavy (non-hydrogen) atoms. The number of ether oxygens (including phenoxy) is 3. The van der Waals surface area contributed by atoms with E-state index in [0.717, 1.165) is 29.7 Å². The topological polar surface area (TPSA) is 73.5 Å². The number of aromatic nitrogens is 1. The number of pyridine rings is 1. The highest BCUT2D eigenvalue weighted by atomic mass is 16.5. The summed E-state index contributed by atoms with van der Waals surface area (Å²) in [7, 11) is 3.28. The van der Waals surface area contributed by atoms with Crippen LogP contribution in [-0.2, 0) is 11.2 Å². The lowest BCUT2D eigenvalue weighted by Crippen LogP contribution is -2.26. The van der Waals surface area contributed by atoms with Gasteiger partial charge in [-0.3, -0.25) is 4.79 Å². The monoisotopic (exact) mass is 382 g/mol. The molecule has 0 bridgehead atoms. The van der Waals surface area contributed by atoms with Crippen LogP contribution in [0.2, 0.25) is 0 Å². The highest BCUT2D eigenvalue weighted by Gasteiger charge is 2.28. The van der Waals surface area contributed by atoms with Crippen LogP contribution in [0, 0.1) is 17.2 Å². The van der Waals surface area contributed by atoms with E-state index in [0.29, 0.717) is 30.6 Å². The molecular formula is C22H26N2O4. The van der Waals surface area contributed by atoms with Gasteiger partial charge in [-0.1, -0.05) is 13.8 Å². The van der Waals surface area contributed by atoms with E-state index in [1.807, 2.05) is 18.2 Å². The van der Waals surface area contributed by atoms with Gasteiger partial charge < -0.3 is 18.8 Å². The Hall–Kier alpha value is -2.78. The lowest BCUT2D eigenvalue weighted by molar-refractivity contribution is 0.170. The van der Waals surface area contributed by atoms with E-state index in [1.165, 1.54) is 0 Å². The number of hydrogen-bond donors (Lipinski definition) is 0. The quantitative estimate of drug-likeness (QED) is 0.685. The summed E-state index contributed by atoms with van der Waals surface area (Å²) in [5, 5.41) is 9.27.